The summed E-state index contributed by atoms with van der Waals surface area (Å²) in [5.74, 6) is 0.542. The molecule has 0 amide bonds. The highest BCUT2D eigenvalue weighted by Crippen LogP contribution is 2.44. The van der Waals surface area contributed by atoms with Gasteiger partial charge in [-0.25, -0.2) is 0 Å². The van der Waals surface area contributed by atoms with Crippen LogP contribution in [0.1, 0.15) is 59.8 Å². The van der Waals surface area contributed by atoms with Crippen LogP contribution in [0, 0.1) is 5.92 Å². The van der Waals surface area contributed by atoms with Crippen molar-refractivity contribution in [3.05, 3.63) is 0 Å². The van der Waals surface area contributed by atoms with Crippen molar-refractivity contribution in [2.45, 2.75) is 83.5 Å². The molecule has 0 aliphatic heterocycles. The lowest BCUT2D eigenvalue weighted by atomic mass is 9.89. The molecule has 2 nitrogen and oxygen atoms in total. The van der Waals surface area contributed by atoms with Crippen molar-refractivity contribution in [1.29, 1.82) is 0 Å². The van der Waals surface area contributed by atoms with Gasteiger partial charge in [0.25, 0.3) is 0 Å². The average molecular weight is 273 g/mol. The molecule has 1 fully saturated rings. The third-order valence-electron chi connectivity index (χ3n) is 4.82. The molecule has 108 valence electrons. The van der Waals surface area contributed by atoms with Gasteiger partial charge in [0.05, 0.1) is 5.60 Å². The highest BCUT2D eigenvalue weighted by Gasteiger charge is 2.43. The highest BCUT2D eigenvalue weighted by molar-refractivity contribution is 6.74. The second-order valence-corrected chi connectivity index (χ2v) is 12.3. The quantitative estimate of drug-likeness (QED) is 0.699. The number of hydrogen-bond donors (Lipinski definition) is 1. The van der Waals surface area contributed by atoms with E-state index in [0.717, 1.165) is 25.9 Å². The van der Waals surface area contributed by atoms with E-state index in [-0.39, 0.29) is 5.04 Å². The first-order chi connectivity index (χ1) is 8.12. The Morgan fingerprint density at radius 3 is 2.11 bits per heavy atom. The highest BCUT2D eigenvalue weighted by atomic mass is 28.4. The Labute approximate surface area is 114 Å². The molecule has 0 spiro atoms. The van der Waals surface area contributed by atoms with Crippen molar-refractivity contribution in [3.8, 4) is 0 Å². The Morgan fingerprint density at radius 2 is 1.72 bits per heavy atom. The molecule has 1 atom stereocenters. The summed E-state index contributed by atoms with van der Waals surface area (Å²) in [7, 11) is -1.65. The summed E-state index contributed by atoms with van der Waals surface area (Å²) in [6.45, 7) is 14.2. The topological polar surface area (TPSA) is 29.5 Å². The lowest BCUT2D eigenvalue weighted by molar-refractivity contribution is -0.0117. The molecule has 0 aromatic carbocycles. The molecule has 1 saturated carbocycles. The summed E-state index contributed by atoms with van der Waals surface area (Å²) in [6, 6.07) is 0. The molecule has 0 radical (unpaired) electrons. The molecular formula is C15H32O2Si. The van der Waals surface area contributed by atoms with Crippen molar-refractivity contribution in [2.75, 3.05) is 6.61 Å². The minimum absolute atomic E-state index is 0.259. The molecule has 0 aromatic rings. The molecule has 0 bridgehead atoms. The maximum absolute atomic E-state index is 10.7. The second kappa shape index (κ2) is 5.64. The Bertz CT molecular complexity index is 266. The van der Waals surface area contributed by atoms with Crippen LogP contribution in [0.25, 0.3) is 0 Å². The van der Waals surface area contributed by atoms with Crippen LogP contribution < -0.4 is 0 Å². The van der Waals surface area contributed by atoms with Gasteiger partial charge in [-0.2, -0.15) is 0 Å². The van der Waals surface area contributed by atoms with Gasteiger partial charge in [0, 0.05) is 6.61 Å². The van der Waals surface area contributed by atoms with Crippen LogP contribution >= 0.6 is 0 Å². The number of rotatable bonds is 7. The minimum Gasteiger partial charge on any atom is -0.417 e. The van der Waals surface area contributed by atoms with Crippen LogP contribution in [0.3, 0.4) is 0 Å². The summed E-state index contributed by atoms with van der Waals surface area (Å²) in [4.78, 5) is 0. The van der Waals surface area contributed by atoms with Crippen LogP contribution in [0.15, 0.2) is 0 Å². The predicted octanol–water partition coefficient (Wildman–Crippen LogP) is 4.34. The van der Waals surface area contributed by atoms with Gasteiger partial charge in [-0.15, -0.1) is 0 Å². The largest absolute Gasteiger partial charge is 0.417 e. The third kappa shape index (κ3) is 4.07. The van der Waals surface area contributed by atoms with Gasteiger partial charge < -0.3 is 9.53 Å². The summed E-state index contributed by atoms with van der Waals surface area (Å²) >= 11 is 0. The monoisotopic (exact) mass is 272 g/mol. The predicted molar refractivity (Wildman–Crippen MR) is 80.3 cm³/mol. The summed E-state index contributed by atoms with van der Waals surface area (Å²) < 4.78 is 6.19. The van der Waals surface area contributed by atoms with Gasteiger partial charge in [-0.3, -0.25) is 0 Å². The first-order valence-electron chi connectivity index (χ1n) is 7.49. The minimum atomic E-state index is -1.65. The molecule has 1 rings (SSSR count). The van der Waals surface area contributed by atoms with E-state index >= 15 is 0 Å². The fourth-order valence-electron chi connectivity index (χ4n) is 2.29. The zero-order valence-electron chi connectivity index (χ0n) is 13.2. The molecule has 0 heterocycles. The standard InChI is InChI=1S/C15H32O2Si/c1-7-10-15(16,13-8-9-13)11-12-17-18(5,6)14(2,3)4/h13,16H,7-12H2,1-6H3. The third-order valence-corrected chi connectivity index (χ3v) is 9.36. The van der Waals surface area contributed by atoms with Crippen LogP contribution in [-0.4, -0.2) is 25.6 Å². The first-order valence-corrected chi connectivity index (χ1v) is 10.4. The van der Waals surface area contributed by atoms with Gasteiger partial charge in [0.1, 0.15) is 0 Å². The van der Waals surface area contributed by atoms with E-state index in [0.29, 0.717) is 5.92 Å². The molecule has 18 heavy (non-hydrogen) atoms. The Kier molecular flexibility index (Phi) is 5.07. The van der Waals surface area contributed by atoms with Crippen LogP contribution in [0.2, 0.25) is 18.1 Å². The van der Waals surface area contributed by atoms with Crippen LogP contribution in [0.5, 0.6) is 0 Å². The number of hydrogen-bond acceptors (Lipinski definition) is 2. The SMILES string of the molecule is CCCC(O)(CCO[Si](C)(C)C(C)(C)C)C1CC1. The van der Waals surface area contributed by atoms with E-state index < -0.39 is 13.9 Å². The first kappa shape index (κ1) is 16.2. The second-order valence-electron chi connectivity index (χ2n) is 7.49. The van der Waals surface area contributed by atoms with Crippen LogP contribution in [0.4, 0.5) is 0 Å². The fourth-order valence-corrected chi connectivity index (χ4v) is 3.33. The van der Waals surface area contributed by atoms with E-state index in [1.807, 2.05) is 0 Å². The van der Waals surface area contributed by atoms with Gasteiger partial charge in [-0.1, -0.05) is 34.1 Å². The molecule has 1 unspecified atom stereocenters. The molecule has 3 heteroatoms. The molecule has 1 N–H and O–H groups in total. The Hall–Kier alpha value is 0.137. The Balaban J connectivity index is 2.44. The van der Waals surface area contributed by atoms with Crippen molar-refractivity contribution in [3.63, 3.8) is 0 Å². The maximum Gasteiger partial charge on any atom is 0.191 e. The Morgan fingerprint density at radius 1 is 1.17 bits per heavy atom. The van der Waals surface area contributed by atoms with Crippen molar-refractivity contribution >= 4 is 8.32 Å². The lowest BCUT2D eigenvalue weighted by Gasteiger charge is -2.37. The summed E-state index contributed by atoms with van der Waals surface area (Å²) in [5.41, 5.74) is -0.447. The molecule has 0 aromatic heterocycles. The summed E-state index contributed by atoms with van der Waals surface area (Å²) in [5, 5.41) is 10.9. The lowest BCUT2D eigenvalue weighted by Crippen LogP contribution is -2.42. The van der Waals surface area contributed by atoms with Gasteiger partial charge in [0.15, 0.2) is 8.32 Å². The van der Waals surface area contributed by atoms with Gasteiger partial charge in [0.2, 0.25) is 0 Å². The van der Waals surface area contributed by atoms with Crippen molar-refractivity contribution in [2.24, 2.45) is 5.92 Å². The molecule has 1 aliphatic carbocycles. The van der Waals surface area contributed by atoms with E-state index in [9.17, 15) is 5.11 Å². The smallest absolute Gasteiger partial charge is 0.191 e. The average Bonchev–Trinajstić information content (AvgIpc) is 2.98. The molecule has 1 aliphatic rings. The van der Waals surface area contributed by atoms with Crippen molar-refractivity contribution < 1.29 is 9.53 Å². The molecular weight excluding hydrogens is 240 g/mol. The zero-order chi connectivity index (χ0) is 14.0. The summed E-state index contributed by atoms with van der Waals surface area (Å²) in [6.07, 6.45) is 5.22. The zero-order valence-corrected chi connectivity index (χ0v) is 14.2. The van der Waals surface area contributed by atoms with Gasteiger partial charge in [-0.05, 0) is 49.7 Å². The van der Waals surface area contributed by atoms with Gasteiger partial charge >= 0.3 is 0 Å². The van der Waals surface area contributed by atoms with E-state index in [1.54, 1.807) is 0 Å². The van der Waals surface area contributed by atoms with Crippen molar-refractivity contribution in [1.82, 2.24) is 0 Å². The normalized spacial score (nSPS) is 20.8. The van der Waals surface area contributed by atoms with E-state index in [2.05, 4.69) is 40.8 Å². The number of aliphatic hydroxyl groups is 1. The maximum atomic E-state index is 10.7. The van der Waals surface area contributed by atoms with Crippen LogP contribution in [-0.2, 0) is 4.43 Å². The molecule has 0 saturated heterocycles. The fraction of sp³-hybridized carbons (Fsp3) is 1.00. The van der Waals surface area contributed by atoms with E-state index in [1.165, 1.54) is 12.8 Å². The van der Waals surface area contributed by atoms with E-state index in [4.69, 9.17) is 4.43 Å².